The quantitative estimate of drug-likeness (QED) is 0.748. The Hall–Kier alpha value is -2.00. The Morgan fingerprint density at radius 1 is 1.13 bits per heavy atom. The molecule has 0 saturated heterocycles. The van der Waals surface area contributed by atoms with Gasteiger partial charge in [0.1, 0.15) is 5.75 Å². The van der Waals surface area contributed by atoms with E-state index >= 15 is 0 Å². The lowest BCUT2D eigenvalue weighted by Crippen LogP contribution is -2.26. The van der Waals surface area contributed by atoms with Crippen LogP contribution >= 0.6 is 11.6 Å². The highest BCUT2D eigenvalue weighted by molar-refractivity contribution is 6.30. The fourth-order valence-corrected chi connectivity index (χ4v) is 2.33. The number of halogens is 1. The average molecular weight is 332 g/mol. The first-order chi connectivity index (χ1) is 11.0. The molecule has 2 aromatic carbocycles. The number of nitrogens with one attached hydrogen (secondary N) is 1. The van der Waals surface area contributed by atoms with E-state index in [1.165, 1.54) is 5.56 Å². The Labute approximate surface area is 142 Å². The summed E-state index contributed by atoms with van der Waals surface area (Å²) in [6, 6.07) is 15.4. The van der Waals surface area contributed by atoms with Crippen LogP contribution in [0.4, 0.5) is 0 Å². The molecule has 1 atom stereocenters. The maximum atomic E-state index is 12.0. The average Bonchev–Trinajstić information content (AvgIpc) is 2.54. The van der Waals surface area contributed by atoms with Gasteiger partial charge in [-0.2, -0.15) is 0 Å². The van der Waals surface area contributed by atoms with E-state index in [-0.39, 0.29) is 11.9 Å². The zero-order valence-corrected chi connectivity index (χ0v) is 14.3. The highest BCUT2D eigenvalue weighted by Gasteiger charge is 2.09. The van der Waals surface area contributed by atoms with Gasteiger partial charge in [0.25, 0.3) is 0 Å². The van der Waals surface area contributed by atoms with Crippen molar-refractivity contribution in [3.05, 3.63) is 64.7 Å². The molecule has 1 N–H and O–H groups in total. The lowest BCUT2D eigenvalue weighted by Gasteiger charge is -2.14. The van der Waals surface area contributed by atoms with Crippen LogP contribution in [0.25, 0.3) is 0 Å². The van der Waals surface area contributed by atoms with Crippen LogP contribution in [-0.2, 0) is 4.79 Å². The Morgan fingerprint density at radius 3 is 2.43 bits per heavy atom. The van der Waals surface area contributed by atoms with Crippen molar-refractivity contribution in [3.8, 4) is 5.75 Å². The third-order valence-electron chi connectivity index (χ3n) is 3.59. The molecule has 23 heavy (non-hydrogen) atoms. The largest absolute Gasteiger partial charge is 0.494 e. The van der Waals surface area contributed by atoms with Crippen molar-refractivity contribution in [3.63, 3.8) is 0 Å². The summed E-state index contributed by atoms with van der Waals surface area (Å²) < 4.78 is 5.58. The number of hydrogen-bond acceptors (Lipinski definition) is 2. The van der Waals surface area contributed by atoms with E-state index < -0.39 is 0 Å². The number of benzene rings is 2. The fourth-order valence-electron chi connectivity index (χ4n) is 2.21. The van der Waals surface area contributed by atoms with E-state index in [4.69, 9.17) is 16.3 Å². The van der Waals surface area contributed by atoms with Gasteiger partial charge in [-0.3, -0.25) is 4.79 Å². The zero-order chi connectivity index (χ0) is 16.7. The number of hydrogen-bond donors (Lipinski definition) is 1. The first-order valence-corrected chi connectivity index (χ1v) is 8.16. The maximum Gasteiger partial charge on any atom is 0.220 e. The molecule has 0 unspecified atom stereocenters. The first-order valence-electron chi connectivity index (χ1n) is 7.79. The molecule has 2 rings (SSSR count). The SMILES string of the molecule is Cc1ccc([C@H](C)NC(=O)CCCOc2ccc(Cl)cc2)cc1. The van der Waals surface area contributed by atoms with Gasteiger partial charge in [-0.05, 0) is 50.1 Å². The van der Waals surface area contributed by atoms with Crippen molar-refractivity contribution >= 4 is 17.5 Å². The molecule has 0 radical (unpaired) electrons. The second-order valence-electron chi connectivity index (χ2n) is 5.61. The van der Waals surface area contributed by atoms with E-state index in [1.54, 1.807) is 12.1 Å². The van der Waals surface area contributed by atoms with Crippen molar-refractivity contribution in [1.82, 2.24) is 5.32 Å². The Kier molecular flexibility index (Phi) is 6.48. The minimum atomic E-state index is 0.0142. The van der Waals surface area contributed by atoms with Gasteiger partial charge < -0.3 is 10.1 Å². The van der Waals surface area contributed by atoms with Gasteiger partial charge in [0, 0.05) is 11.4 Å². The van der Waals surface area contributed by atoms with Crippen LogP contribution in [-0.4, -0.2) is 12.5 Å². The van der Waals surface area contributed by atoms with Gasteiger partial charge in [-0.25, -0.2) is 0 Å². The topological polar surface area (TPSA) is 38.3 Å². The lowest BCUT2D eigenvalue weighted by atomic mass is 10.1. The molecular formula is C19H22ClNO2. The van der Waals surface area contributed by atoms with E-state index in [0.717, 1.165) is 11.3 Å². The molecule has 0 bridgehead atoms. The third kappa shape index (κ3) is 5.95. The van der Waals surface area contributed by atoms with Crippen molar-refractivity contribution in [2.45, 2.75) is 32.7 Å². The van der Waals surface area contributed by atoms with Crippen molar-refractivity contribution in [1.29, 1.82) is 0 Å². The summed E-state index contributed by atoms with van der Waals surface area (Å²) in [5.41, 5.74) is 2.33. The summed E-state index contributed by atoms with van der Waals surface area (Å²) >= 11 is 5.81. The molecule has 0 aliphatic heterocycles. The van der Waals surface area contributed by atoms with E-state index in [0.29, 0.717) is 24.5 Å². The summed E-state index contributed by atoms with van der Waals surface area (Å²) in [4.78, 5) is 12.0. The minimum absolute atomic E-state index is 0.0142. The third-order valence-corrected chi connectivity index (χ3v) is 3.84. The van der Waals surface area contributed by atoms with Crippen LogP contribution in [0.15, 0.2) is 48.5 Å². The normalized spacial score (nSPS) is 11.8. The van der Waals surface area contributed by atoms with Crippen LogP contribution in [0.1, 0.15) is 36.9 Å². The summed E-state index contributed by atoms with van der Waals surface area (Å²) in [6.07, 6.45) is 1.12. The number of ether oxygens (including phenoxy) is 1. The van der Waals surface area contributed by atoms with Crippen molar-refractivity contribution in [2.75, 3.05) is 6.61 Å². The number of carbonyl (C=O) groups is 1. The van der Waals surface area contributed by atoms with Crippen LogP contribution in [0.2, 0.25) is 5.02 Å². The maximum absolute atomic E-state index is 12.0. The van der Waals surface area contributed by atoms with Gasteiger partial charge in [0.05, 0.1) is 12.6 Å². The second kappa shape index (κ2) is 8.59. The summed E-state index contributed by atoms with van der Waals surface area (Å²) in [6.45, 7) is 4.55. The Balaban J connectivity index is 1.68. The van der Waals surface area contributed by atoms with Crippen molar-refractivity contribution in [2.24, 2.45) is 0 Å². The van der Waals surface area contributed by atoms with Crippen LogP contribution in [0.3, 0.4) is 0 Å². The molecule has 0 saturated carbocycles. The van der Waals surface area contributed by atoms with Gasteiger partial charge in [0.15, 0.2) is 0 Å². The molecule has 0 spiro atoms. The molecule has 0 aromatic heterocycles. The molecule has 3 nitrogen and oxygen atoms in total. The van der Waals surface area contributed by atoms with Gasteiger partial charge in [-0.1, -0.05) is 41.4 Å². The number of aryl methyl sites for hydroxylation is 1. The molecule has 0 fully saturated rings. The van der Waals surface area contributed by atoms with E-state index in [1.807, 2.05) is 38.1 Å². The smallest absolute Gasteiger partial charge is 0.220 e. The summed E-state index contributed by atoms with van der Waals surface area (Å²) in [5, 5.41) is 3.69. The molecule has 4 heteroatoms. The standard InChI is InChI=1S/C19H22ClNO2/c1-14-5-7-16(8-6-14)15(2)21-19(22)4-3-13-23-18-11-9-17(20)10-12-18/h5-12,15H,3-4,13H2,1-2H3,(H,21,22)/t15-/m0/s1. The number of amides is 1. The van der Waals surface area contributed by atoms with Gasteiger partial charge in [0.2, 0.25) is 5.91 Å². The lowest BCUT2D eigenvalue weighted by molar-refractivity contribution is -0.121. The Morgan fingerprint density at radius 2 is 1.78 bits per heavy atom. The van der Waals surface area contributed by atoms with E-state index in [9.17, 15) is 4.79 Å². The molecule has 0 heterocycles. The van der Waals surface area contributed by atoms with Crippen LogP contribution < -0.4 is 10.1 Å². The predicted molar refractivity (Wildman–Crippen MR) is 93.9 cm³/mol. The number of carbonyl (C=O) groups excluding carboxylic acids is 1. The summed E-state index contributed by atoms with van der Waals surface area (Å²) in [7, 11) is 0. The molecule has 1 amide bonds. The van der Waals surface area contributed by atoms with E-state index in [2.05, 4.69) is 17.4 Å². The summed E-state index contributed by atoms with van der Waals surface area (Å²) in [5.74, 6) is 0.806. The van der Waals surface area contributed by atoms with Crippen LogP contribution in [0, 0.1) is 6.92 Å². The van der Waals surface area contributed by atoms with Crippen LogP contribution in [0.5, 0.6) is 5.75 Å². The number of rotatable bonds is 7. The molecular weight excluding hydrogens is 310 g/mol. The first kappa shape index (κ1) is 17.4. The molecule has 0 aliphatic carbocycles. The highest BCUT2D eigenvalue weighted by Crippen LogP contribution is 2.16. The monoisotopic (exact) mass is 331 g/mol. The van der Waals surface area contributed by atoms with Crippen molar-refractivity contribution < 1.29 is 9.53 Å². The highest BCUT2D eigenvalue weighted by atomic mass is 35.5. The van der Waals surface area contributed by atoms with Gasteiger partial charge in [-0.15, -0.1) is 0 Å². The van der Waals surface area contributed by atoms with Gasteiger partial charge >= 0.3 is 0 Å². The zero-order valence-electron chi connectivity index (χ0n) is 13.5. The molecule has 2 aromatic rings. The minimum Gasteiger partial charge on any atom is -0.494 e. The Bertz CT molecular complexity index is 623. The second-order valence-corrected chi connectivity index (χ2v) is 6.04. The molecule has 122 valence electrons. The fraction of sp³-hybridized carbons (Fsp3) is 0.316. The molecule has 0 aliphatic rings. The predicted octanol–water partition coefficient (Wildman–Crippen LogP) is 4.68.